The average molecular weight is 288 g/mol. The zero-order valence-electron chi connectivity index (χ0n) is 13.2. The maximum absolute atomic E-state index is 12.7. The van der Waals surface area contributed by atoms with Gasteiger partial charge in [-0.2, -0.15) is 0 Å². The molecule has 4 heteroatoms. The molecule has 2 rings (SSSR count). The van der Waals surface area contributed by atoms with E-state index in [0.717, 1.165) is 5.56 Å². The summed E-state index contributed by atoms with van der Waals surface area (Å²) in [6.45, 7) is 8.54. The smallest absolute Gasteiger partial charge is 0.248 e. The molecule has 1 aliphatic heterocycles. The van der Waals surface area contributed by atoms with E-state index >= 15 is 0 Å². The topological polar surface area (TPSA) is 41.9 Å². The monoisotopic (exact) mass is 288 g/mol. The second-order valence-electron chi connectivity index (χ2n) is 5.33. The first kappa shape index (κ1) is 15.5. The van der Waals surface area contributed by atoms with Crippen LogP contribution >= 0.6 is 0 Å². The van der Waals surface area contributed by atoms with Crippen LogP contribution in [0, 0.1) is 0 Å². The lowest BCUT2D eigenvalue weighted by molar-refractivity contribution is -0.137. The molecular weight excluding hydrogens is 264 g/mol. The number of aliphatic imine (C=N–C) groups is 1. The lowest BCUT2D eigenvalue weighted by Gasteiger charge is -2.40. The van der Waals surface area contributed by atoms with Crippen molar-refractivity contribution in [1.29, 1.82) is 0 Å². The van der Waals surface area contributed by atoms with E-state index in [-0.39, 0.29) is 24.0 Å². The number of amides is 1. The third kappa shape index (κ3) is 3.09. The van der Waals surface area contributed by atoms with Crippen LogP contribution in [0.15, 0.2) is 35.3 Å². The second-order valence-corrected chi connectivity index (χ2v) is 5.33. The lowest BCUT2D eigenvalue weighted by Crippen LogP contribution is -2.53. The maximum atomic E-state index is 12.7. The van der Waals surface area contributed by atoms with Crippen LogP contribution < -0.4 is 0 Å². The van der Waals surface area contributed by atoms with Crippen LogP contribution in [0.1, 0.15) is 45.7 Å². The van der Waals surface area contributed by atoms with Crippen molar-refractivity contribution in [3.05, 3.63) is 35.9 Å². The van der Waals surface area contributed by atoms with Crippen molar-refractivity contribution in [2.24, 2.45) is 4.99 Å². The van der Waals surface area contributed by atoms with Gasteiger partial charge in [0.15, 0.2) is 0 Å². The van der Waals surface area contributed by atoms with Gasteiger partial charge in [-0.25, -0.2) is 4.99 Å². The van der Waals surface area contributed by atoms with Crippen LogP contribution in [0.5, 0.6) is 0 Å². The van der Waals surface area contributed by atoms with Crippen molar-refractivity contribution >= 4 is 11.8 Å². The predicted molar refractivity (Wildman–Crippen MR) is 84.3 cm³/mol. The third-order valence-electron chi connectivity index (χ3n) is 3.98. The summed E-state index contributed by atoms with van der Waals surface area (Å²) in [7, 11) is 0. The molecule has 21 heavy (non-hydrogen) atoms. The Morgan fingerprint density at radius 2 is 1.95 bits per heavy atom. The van der Waals surface area contributed by atoms with Gasteiger partial charge in [-0.05, 0) is 32.8 Å². The van der Waals surface area contributed by atoms with Crippen molar-refractivity contribution in [3.8, 4) is 0 Å². The fraction of sp³-hybridized carbons (Fsp3) is 0.529. The van der Waals surface area contributed by atoms with Gasteiger partial charge in [-0.3, -0.25) is 4.79 Å². The normalized spacial score (nSPS) is 23.7. The quantitative estimate of drug-likeness (QED) is 0.854. The van der Waals surface area contributed by atoms with Gasteiger partial charge in [0.25, 0.3) is 0 Å². The van der Waals surface area contributed by atoms with Gasteiger partial charge in [0, 0.05) is 0 Å². The van der Waals surface area contributed by atoms with Crippen LogP contribution in [0.4, 0.5) is 0 Å². The molecule has 0 aliphatic carbocycles. The molecule has 0 spiro atoms. The molecule has 0 bridgehead atoms. The molecule has 1 amide bonds. The van der Waals surface area contributed by atoms with E-state index in [9.17, 15) is 4.79 Å². The fourth-order valence-corrected chi connectivity index (χ4v) is 2.79. The zero-order chi connectivity index (χ0) is 15.4. The number of nitrogens with zero attached hydrogens (tertiary/aromatic N) is 2. The molecule has 0 radical (unpaired) electrons. The molecular formula is C17H24N2O2. The standard InChI is InChI=1S/C17H24N2O2/c1-5-15-17(20)19(13(4)16(18-15)21-6-2)12(3)14-10-8-7-9-11-14/h7-13,15H,5-6H2,1-4H3/t12-,13+,15-/m0/s1. The Balaban J connectivity index is 2.33. The minimum atomic E-state index is -0.325. The van der Waals surface area contributed by atoms with Gasteiger partial charge in [-0.1, -0.05) is 37.3 Å². The number of carbonyl (C=O) groups is 1. The molecule has 1 heterocycles. The summed E-state index contributed by atoms with van der Waals surface area (Å²) in [4.78, 5) is 19.1. The van der Waals surface area contributed by atoms with E-state index < -0.39 is 0 Å². The highest BCUT2D eigenvalue weighted by Gasteiger charge is 2.38. The minimum absolute atomic E-state index is 0.00806. The van der Waals surface area contributed by atoms with E-state index in [4.69, 9.17) is 4.74 Å². The highest BCUT2D eigenvalue weighted by Crippen LogP contribution is 2.28. The van der Waals surface area contributed by atoms with Gasteiger partial charge in [0.05, 0.1) is 12.6 Å². The Kier molecular flexibility index (Phi) is 4.99. The summed E-state index contributed by atoms with van der Waals surface area (Å²) in [5, 5.41) is 0. The number of carbonyl (C=O) groups excluding carboxylic acids is 1. The van der Waals surface area contributed by atoms with E-state index in [1.807, 2.05) is 43.9 Å². The van der Waals surface area contributed by atoms with Crippen molar-refractivity contribution in [1.82, 2.24) is 4.90 Å². The Bertz CT molecular complexity index is 513. The predicted octanol–water partition coefficient (Wildman–Crippen LogP) is 3.19. The van der Waals surface area contributed by atoms with E-state index in [1.165, 1.54) is 0 Å². The highest BCUT2D eigenvalue weighted by atomic mass is 16.5. The molecule has 0 unspecified atom stereocenters. The number of ether oxygens (including phenoxy) is 1. The van der Waals surface area contributed by atoms with E-state index in [1.54, 1.807) is 0 Å². The molecule has 114 valence electrons. The van der Waals surface area contributed by atoms with Crippen molar-refractivity contribution in [3.63, 3.8) is 0 Å². The summed E-state index contributed by atoms with van der Waals surface area (Å²) in [5.41, 5.74) is 1.13. The molecule has 0 fully saturated rings. The Morgan fingerprint density at radius 1 is 1.29 bits per heavy atom. The SMILES string of the molecule is CCOC1=N[C@@H](CC)C(=O)N([C@@H](C)c2ccccc2)[C@@H]1C. The summed E-state index contributed by atoms with van der Waals surface area (Å²) in [5.74, 6) is 0.761. The van der Waals surface area contributed by atoms with Crippen LogP contribution in [0.25, 0.3) is 0 Å². The first-order valence-corrected chi connectivity index (χ1v) is 7.67. The first-order chi connectivity index (χ1) is 10.1. The molecule has 0 aromatic heterocycles. The third-order valence-corrected chi connectivity index (χ3v) is 3.98. The summed E-state index contributed by atoms with van der Waals surface area (Å²) >= 11 is 0. The van der Waals surface area contributed by atoms with E-state index in [2.05, 4.69) is 24.0 Å². The van der Waals surface area contributed by atoms with Gasteiger partial charge in [0.2, 0.25) is 11.8 Å². The fourth-order valence-electron chi connectivity index (χ4n) is 2.79. The molecule has 1 aromatic rings. The number of rotatable bonds is 4. The lowest BCUT2D eigenvalue weighted by atomic mass is 10.0. The maximum Gasteiger partial charge on any atom is 0.248 e. The van der Waals surface area contributed by atoms with Crippen LogP contribution in [0.3, 0.4) is 0 Å². The molecule has 0 saturated heterocycles. The minimum Gasteiger partial charge on any atom is -0.480 e. The summed E-state index contributed by atoms with van der Waals surface area (Å²) in [6, 6.07) is 9.65. The zero-order valence-corrected chi connectivity index (χ0v) is 13.2. The highest BCUT2D eigenvalue weighted by molar-refractivity contribution is 5.95. The second kappa shape index (κ2) is 6.74. The Labute approximate surface area is 126 Å². The van der Waals surface area contributed by atoms with Gasteiger partial charge >= 0.3 is 0 Å². The number of benzene rings is 1. The van der Waals surface area contributed by atoms with Gasteiger partial charge in [-0.15, -0.1) is 0 Å². The first-order valence-electron chi connectivity index (χ1n) is 7.67. The van der Waals surface area contributed by atoms with Crippen LogP contribution in [0.2, 0.25) is 0 Å². The summed E-state index contributed by atoms with van der Waals surface area (Å²) < 4.78 is 5.65. The summed E-state index contributed by atoms with van der Waals surface area (Å²) in [6.07, 6.45) is 0.695. The number of hydrogen-bond donors (Lipinski definition) is 0. The molecule has 3 atom stereocenters. The van der Waals surface area contributed by atoms with E-state index in [0.29, 0.717) is 18.9 Å². The van der Waals surface area contributed by atoms with Crippen molar-refractivity contribution in [2.45, 2.75) is 52.2 Å². The number of hydrogen-bond acceptors (Lipinski definition) is 3. The Morgan fingerprint density at radius 3 is 2.52 bits per heavy atom. The molecule has 4 nitrogen and oxygen atoms in total. The molecule has 0 saturated carbocycles. The van der Waals surface area contributed by atoms with Crippen molar-refractivity contribution < 1.29 is 9.53 Å². The largest absolute Gasteiger partial charge is 0.480 e. The van der Waals surface area contributed by atoms with Gasteiger partial charge in [0.1, 0.15) is 12.1 Å². The Hall–Kier alpha value is -1.84. The molecule has 1 aromatic carbocycles. The van der Waals surface area contributed by atoms with Crippen LogP contribution in [-0.4, -0.2) is 35.4 Å². The average Bonchev–Trinajstić information content (AvgIpc) is 2.51. The molecule has 1 aliphatic rings. The van der Waals surface area contributed by atoms with Crippen LogP contribution in [-0.2, 0) is 9.53 Å². The van der Waals surface area contributed by atoms with Gasteiger partial charge < -0.3 is 9.64 Å². The molecule has 0 N–H and O–H groups in total. The van der Waals surface area contributed by atoms with Crippen molar-refractivity contribution in [2.75, 3.05) is 6.61 Å².